The molecule has 4 nitrogen and oxygen atoms in total. The van der Waals surface area contributed by atoms with Crippen LogP contribution in [0.3, 0.4) is 0 Å². The minimum Gasteiger partial charge on any atom is -0.480 e. The van der Waals surface area contributed by atoms with E-state index < -0.39 is 0 Å². The van der Waals surface area contributed by atoms with Crippen molar-refractivity contribution >= 4 is 11.8 Å². The van der Waals surface area contributed by atoms with Crippen molar-refractivity contribution in [3.8, 4) is 0 Å². The van der Waals surface area contributed by atoms with E-state index in [1.54, 1.807) is 13.8 Å². The summed E-state index contributed by atoms with van der Waals surface area (Å²) in [6.45, 7) is 4.23. The fraction of sp³-hybridized carbons (Fsp3) is 0.714. The van der Waals surface area contributed by atoms with Crippen molar-refractivity contribution in [3.05, 3.63) is 0 Å². The molecule has 0 rings (SSSR count). The SMILES string of the molecule is CCOC(=N)CNC(=O)CC. The van der Waals surface area contributed by atoms with Gasteiger partial charge in [-0.3, -0.25) is 10.2 Å². The first kappa shape index (κ1) is 9.94. The molecule has 0 atom stereocenters. The second-order valence-electron chi connectivity index (χ2n) is 1.99. The minimum atomic E-state index is -0.0607. The van der Waals surface area contributed by atoms with Crippen molar-refractivity contribution in [2.24, 2.45) is 0 Å². The molecule has 0 aromatic rings. The Hall–Kier alpha value is -1.06. The van der Waals surface area contributed by atoms with Gasteiger partial charge in [-0.05, 0) is 6.92 Å². The Morgan fingerprint density at radius 1 is 1.55 bits per heavy atom. The predicted molar refractivity (Wildman–Crippen MR) is 42.7 cm³/mol. The maximum Gasteiger partial charge on any atom is 0.220 e. The molecule has 0 saturated carbocycles. The molecule has 2 N–H and O–H groups in total. The Kier molecular flexibility index (Phi) is 5.15. The average molecular weight is 158 g/mol. The van der Waals surface area contributed by atoms with Crippen molar-refractivity contribution in [2.75, 3.05) is 13.2 Å². The van der Waals surface area contributed by atoms with Gasteiger partial charge in [0.1, 0.15) is 0 Å². The first-order valence-electron chi connectivity index (χ1n) is 3.67. The van der Waals surface area contributed by atoms with Gasteiger partial charge in [0.05, 0.1) is 13.2 Å². The van der Waals surface area contributed by atoms with Crippen molar-refractivity contribution < 1.29 is 9.53 Å². The number of hydrogen-bond donors (Lipinski definition) is 2. The van der Waals surface area contributed by atoms with Gasteiger partial charge in [-0.1, -0.05) is 6.92 Å². The summed E-state index contributed by atoms with van der Waals surface area (Å²) in [6.07, 6.45) is 0.444. The summed E-state index contributed by atoms with van der Waals surface area (Å²) >= 11 is 0. The Balaban J connectivity index is 3.38. The van der Waals surface area contributed by atoms with Crippen molar-refractivity contribution in [1.82, 2.24) is 5.32 Å². The Labute approximate surface area is 66.4 Å². The molecular weight excluding hydrogens is 144 g/mol. The highest BCUT2D eigenvalue weighted by Gasteiger charge is 1.98. The molecule has 0 spiro atoms. The molecule has 0 aliphatic heterocycles. The third-order valence-electron chi connectivity index (χ3n) is 1.09. The molecule has 1 amide bonds. The van der Waals surface area contributed by atoms with Crippen LogP contribution in [-0.2, 0) is 9.53 Å². The lowest BCUT2D eigenvalue weighted by Gasteiger charge is -2.04. The lowest BCUT2D eigenvalue weighted by atomic mass is 10.4. The number of ether oxygens (including phenoxy) is 1. The average Bonchev–Trinajstić information content (AvgIpc) is 2.01. The lowest BCUT2D eigenvalue weighted by Crippen LogP contribution is -2.29. The molecule has 0 aromatic heterocycles. The number of amides is 1. The molecular formula is C7H14N2O2. The molecule has 64 valence electrons. The van der Waals surface area contributed by atoms with Crippen LogP contribution in [0.25, 0.3) is 0 Å². The molecule has 0 unspecified atom stereocenters. The van der Waals surface area contributed by atoms with Gasteiger partial charge in [0.25, 0.3) is 0 Å². The largest absolute Gasteiger partial charge is 0.480 e. The second kappa shape index (κ2) is 5.70. The van der Waals surface area contributed by atoms with Crippen LogP contribution < -0.4 is 5.32 Å². The lowest BCUT2D eigenvalue weighted by molar-refractivity contribution is -0.120. The maximum absolute atomic E-state index is 10.7. The summed E-state index contributed by atoms with van der Waals surface area (Å²) in [6, 6.07) is 0. The molecule has 0 radical (unpaired) electrons. The molecule has 0 aliphatic rings. The van der Waals surface area contributed by atoms with Gasteiger partial charge in [0.2, 0.25) is 5.91 Å². The summed E-state index contributed by atoms with van der Waals surface area (Å²) in [4.78, 5) is 10.7. The Bertz CT molecular complexity index is 145. The molecule has 0 heterocycles. The fourth-order valence-corrected chi connectivity index (χ4v) is 0.529. The van der Waals surface area contributed by atoms with Crippen LogP contribution >= 0.6 is 0 Å². The van der Waals surface area contributed by atoms with Gasteiger partial charge in [-0.25, -0.2) is 0 Å². The van der Waals surface area contributed by atoms with Crippen LogP contribution in [-0.4, -0.2) is 25.0 Å². The number of carbonyl (C=O) groups excluding carboxylic acids is 1. The molecule has 4 heteroatoms. The third-order valence-corrected chi connectivity index (χ3v) is 1.09. The molecule has 0 fully saturated rings. The van der Waals surface area contributed by atoms with Gasteiger partial charge >= 0.3 is 0 Å². The molecule has 0 saturated heterocycles. The topological polar surface area (TPSA) is 62.2 Å². The monoisotopic (exact) mass is 158 g/mol. The molecule has 0 aromatic carbocycles. The minimum absolute atomic E-state index is 0.0607. The van der Waals surface area contributed by atoms with Gasteiger partial charge in [0, 0.05) is 6.42 Å². The number of nitrogens with one attached hydrogen (secondary N) is 2. The highest BCUT2D eigenvalue weighted by atomic mass is 16.5. The molecule has 0 aliphatic carbocycles. The summed E-state index contributed by atoms with van der Waals surface area (Å²) in [5.41, 5.74) is 0. The van der Waals surface area contributed by atoms with Crippen molar-refractivity contribution in [3.63, 3.8) is 0 Å². The van der Waals surface area contributed by atoms with E-state index in [0.717, 1.165) is 0 Å². The Morgan fingerprint density at radius 2 is 2.18 bits per heavy atom. The molecule has 11 heavy (non-hydrogen) atoms. The molecule has 0 bridgehead atoms. The second-order valence-corrected chi connectivity index (χ2v) is 1.99. The predicted octanol–water partition coefficient (Wildman–Crippen LogP) is 0.526. The van der Waals surface area contributed by atoms with E-state index in [9.17, 15) is 4.79 Å². The summed E-state index contributed by atoms with van der Waals surface area (Å²) in [5, 5.41) is 9.65. The van der Waals surface area contributed by atoms with Gasteiger partial charge in [-0.2, -0.15) is 0 Å². The highest BCUT2D eigenvalue weighted by Crippen LogP contribution is 1.78. The van der Waals surface area contributed by atoms with Crippen molar-refractivity contribution in [1.29, 1.82) is 5.41 Å². The van der Waals surface area contributed by atoms with E-state index in [0.29, 0.717) is 13.0 Å². The number of hydrogen-bond acceptors (Lipinski definition) is 3. The Morgan fingerprint density at radius 3 is 2.64 bits per heavy atom. The smallest absolute Gasteiger partial charge is 0.220 e. The standard InChI is InChI=1S/C7H14N2O2/c1-3-7(10)9-5-6(8)11-4-2/h8H,3-5H2,1-2H3,(H,9,10). The van der Waals surface area contributed by atoms with E-state index in [2.05, 4.69) is 5.32 Å². The summed E-state index contributed by atoms with van der Waals surface area (Å²) < 4.78 is 4.81. The van der Waals surface area contributed by atoms with E-state index in [1.807, 2.05) is 0 Å². The van der Waals surface area contributed by atoms with Crippen LogP contribution in [0.15, 0.2) is 0 Å². The first-order chi connectivity index (χ1) is 5.20. The number of rotatable bonds is 4. The van der Waals surface area contributed by atoms with Crippen LogP contribution in [0.1, 0.15) is 20.3 Å². The van der Waals surface area contributed by atoms with Crippen LogP contribution in [0.4, 0.5) is 0 Å². The zero-order chi connectivity index (χ0) is 8.69. The van der Waals surface area contributed by atoms with Crippen LogP contribution in [0.2, 0.25) is 0 Å². The highest BCUT2D eigenvalue weighted by molar-refractivity contribution is 5.82. The normalized spacial score (nSPS) is 8.91. The van der Waals surface area contributed by atoms with Gasteiger partial charge < -0.3 is 10.1 Å². The van der Waals surface area contributed by atoms with E-state index >= 15 is 0 Å². The first-order valence-corrected chi connectivity index (χ1v) is 3.67. The maximum atomic E-state index is 10.7. The van der Waals surface area contributed by atoms with E-state index in [-0.39, 0.29) is 18.3 Å². The van der Waals surface area contributed by atoms with Crippen molar-refractivity contribution in [2.45, 2.75) is 20.3 Å². The number of carbonyl (C=O) groups is 1. The summed E-state index contributed by atoms with van der Waals surface area (Å²) in [7, 11) is 0. The van der Waals surface area contributed by atoms with E-state index in [4.69, 9.17) is 10.1 Å². The summed E-state index contributed by atoms with van der Waals surface area (Å²) in [5.74, 6) is 0.0451. The zero-order valence-corrected chi connectivity index (χ0v) is 6.94. The van der Waals surface area contributed by atoms with Gasteiger partial charge in [-0.15, -0.1) is 0 Å². The van der Waals surface area contributed by atoms with Crippen LogP contribution in [0.5, 0.6) is 0 Å². The van der Waals surface area contributed by atoms with Crippen LogP contribution in [0, 0.1) is 5.41 Å². The fourth-order valence-electron chi connectivity index (χ4n) is 0.529. The van der Waals surface area contributed by atoms with Gasteiger partial charge in [0.15, 0.2) is 5.90 Å². The quantitative estimate of drug-likeness (QED) is 0.463. The van der Waals surface area contributed by atoms with E-state index in [1.165, 1.54) is 0 Å². The zero-order valence-electron chi connectivity index (χ0n) is 6.94. The third kappa shape index (κ3) is 5.39.